The number of carbonyl (C=O) groups excluding carboxylic acids is 1. The monoisotopic (exact) mass is 262 g/mol. The number of benzene rings is 1. The molecule has 1 aliphatic carbocycles. The summed E-state index contributed by atoms with van der Waals surface area (Å²) in [6.45, 7) is 2.12. The van der Waals surface area contributed by atoms with Crippen LogP contribution in [0.4, 0.5) is 0 Å². The molecule has 0 saturated heterocycles. The lowest BCUT2D eigenvalue weighted by Crippen LogP contribution is -2.37. The van der Waals surface area contributed by atoms with Crippen molar-refractivity contribution in [2.45, 2.75) is 18.3 Å². The van der Waals surface area contributed by atoms with Gasteiger partial charge in [-0.05, 0) is 30.5 Å². The van der Waals surface area contributed by atoms with Crippen molar-refractivity contribution in [3.8, 4) is 11.5 Å². The predicted octanol–water partition coefficient (Wildman–Crippen LogP) is 0.564. The normalized spacial score (nSPS) is 18.8. The smallest absolute Gasteiger partial charge is 0.230 e. The van der Waals surface area contributed by atoms with Crippen molar-refractivity contribution in [2.75, 3.05) is 26.3 Å². The SMILES string of the molecule is NCCNC(=O)C1(c2ccc3c(c2)OCCO3)CC1. The van der Waals surface area contributed by atoms with E-state index in [0.717, 1.165) is 29.9 Å². The van der Waals surface area contributed by atoms with Crippen LogP contribution in [-0.2, 0) is 10.2 Å². The molecule has 0 spiro atoms. The Morgan fingerprint density at radius 1 is 1.26 bits per heavy atom. The van der Waals surface area contributed by atoms with E-state index in [9.17, 15) is 4.79 Å². The fourth-order valence-corrected chi connectivity index (χ4v) is 2.47. The van der Waals surface area contributed by atoms with Crippen LogP contribution in [0.2, 0.25) is 0 Å². The van der Waals surface area contributed by atoms with Crippen molar-refractivity contribution in [3.05, 3.63) is 23.8 Å². The molecule has 1 heterocycles. The molecule has 5 nitrogen and oxygen atoms in total. The zero-order chi connectivity index (χ0) is 13.3. The maximum absolute atomic E-state index is 12.2. The van der Waals surface area contributed by atoms with E-state index in [1.54, 1.807) is 0 Å². The van der Waals surface area contributed by atoms with Crippen LogP contribution >= 0.6 is 0 Å². The molecule has 1 saturated carbocycles. The van der Waals surface area contributed by atoms with Gasteiger partial charge in [0.05, 0.1) is 5.41 Å². The third-order valence-corrected chi connectivity index (χ3v) is 3.71. The van der Waals surface area contributed by atoms with E-state index in [0.29, 0.717) is 26.3 Å². The lowest BCUT2D eigenvalue weighted by atomic mass is 9.94. The number of nitrogens with one attached hydrogen (secondary N) is 1. The second kappa shape index (κ2) is 4.74. The van der Waals surface area contributed by atoms with E-state index in [4.69, 9.17) is 15.2 Å². The van der Waals surface area contributed by atoms with Crippen LogP contribution in [0.5, 0.6) is 11.5 Å². The number of carbonyl (C=O) groups is 1. The van der Waals surface area contributed by atoms with Crippen molar-refractivity contribution in [1.82, 2.24) is 5.32 Å². The summed E-state index contributed by atoms with van der Waals surface area (Å²) in [6, 6.07) is 5.78. The van der Waals surface area contributed by atoms with Gasteiger partial charge in [-0.15, -0.1) is 0 Å². The van der Waals surface area contributed by atoms with Crippen LogP contribution in [0.1, 0.15) is 18.4 Å². The molecule has 1 aliphatic heterocycles. The first-order chi connectivity index (χ1) is 9.26. The third-order valence-electron chi connectivity index (χ3n) is 3.71. The molecule has 0 radical (unpaired) electrons. The molecule has 102 valence electrons. The Bertz CT molecular complexity index is 497. The molecule has 1 aromatic rings. The molecule has 1 amide bonds. The molecule has 19 heavy (non-hydrogen) atoms. The summed E-state index contributed by atoms with van der Waals surface area (Å²) in [7, 11) is 0. The summed E-state index contributed by atoms with van der Waals surface area (Å²) >= 11 is 0. The fraction of sp³-hybridized carbons (Fsp3) is 0.500. The molecular weight excluding hydrogens is 244 g/mol. The summed E-state index contributed by atoms with van der Waals surface area (Å²) in [5.74, 6) is 1.56. The van der Waals surface area contributed by atoms with Gasteiger partial charge in [-0.2, -0.15) is 0 Å². The van der Waals surface area contributed by atoms with Crippen LogP contribution in [0.3, 0.4) is 0 Å². The van der Waals surface area contributed by atoms with Gasteiger partial charge in [-0.3, -0.25) is 4.79 Å². The van der Waals surface area contributed by atoms with E-state index in [1.807, 2.05) is 18.2 Å². The maximum atomic E-state index is 12.2. The van der Waals surface area contributed by atoms with Crippen LogP contribution in [-0.4, -0.2) is 32.2 Å². The van der Waals surface area contributed by atoms with Crippen LogP contribution in [0.25, 0.3) is 0 Å². The summed E-state index contributed by atoms with van der Waals surface area (Å²) in [5.41, 5.74) is 6.04. The predicted molar refractivity (Wildman–Crippen MR) is 70.4 cm³/mol. The highest BCUT2D eigenvalue weighted by Crippen LogP contribution is 2.50. The minimum Gasteiger partial charge on any atom is -0.486 e. The summed E-state index contributed by atoms with van der Waals surface area (Å²) in [4.78, 5) is 12.2. The second-order valence-electron chi connectivity index (χ2n) is 4.99. The highest BCUT2D eigenvalue weighted by Gasteiger charge is 2.51. The van der Waals surface area contributed by atoms with Crippen molar-refractivity contribution in [1.29, 1.82) is 0 Å². The zero-order valence-electron chi connectivity index (χ0n) is 10.8. The highest BCUT2D eigenvalue weighted by molar-refractivity contribution is 5.91. The van der Waals surface area contributed by atoms with Crippen molar-refractivity contribution in [2.24, 2.45) is 5.73 Å². The molecule has 0 unspecified atom stereocenters. The number of amides is 1. The van der Waals surface area contributed by atoms with E-state index in [1.165, 1.54) is 0 Å². The first-order valence-corrected chi connectivity index (χ1v) is 6.65. The lowest BCUT2D eigenvalue weighted by Gasteiger charge is -2.21. The first kappa shape index (κ1) is 12.3. The molecule has 5 heteroatoms. The van der Waals surface area contributed by atoms with Crippen LogP contribution in [0.15, 0.2) is 18.2 Å². The van der Waals surface area contributed by atoms with Gasteiger partial charge in [0.1, 0.15) is 13.2 Å². The van der Waals surface area contributed by atoms with Crippen molar-refractivity contribution in [3.63, 3.8) is 0 Å². The molecule has 2 aliphatic rings. The zero-order valence-corrected chi connectivity index (χ0v) is 10.8. The van der Waals surface area contributed by atoms with E-state index >= 15 is 0 Å². The molecule has 1 fully saturated rings. The summed E-state index contributed by atoms with van der Waals surface area (Å²) in [5, 5.41) is 2.88. The average molecular weight is 262 g/mol. The van der Waals surface area contributed by atoms with E-state index in [2.05, 4.69) is 5.32 Å². The van der Waals surface area contributed by atoms with E-state index < -0.39 is 0 Å². The van der Waals surface area contributed by atoms with Gasteiger partial charge in [0.15, 0.2) is 11.5 Å². The van der Waals surface area contributed by atoms with Gasteiger partial charge in [0.25, 0.3) is 0 Å². The molecular formula is C14H18N2O3. The van der Waals surface area contributed by atoms with Crippen LogP contribution < -0.4 is 20.5 Å². The Kier molecular flexibility index (Phi) is 3.06. The largest absolute Gasteiger partial charge is 0.486 e. The Morgan fingerprint density at radius 3 is 2.68 bits per heavy atom. The third kappa shape index (κ3) is 2.14. The van der Waals surface area contributed by atoms with Crippen LogP contribution in [0, 0.1) is 0 Å². The summed E-state index contributed by atoms with van der Waals surface area (Å²) < 4.78 is 11.1. The second-order valence-corrected chi connectivity index (χ2v) is 4.99. The first-order valence-electron chi connectivity index (χ1n) is 6.65. The van der Waals surface area contributed by atoms with Gasteiger partial charge >= 0.3 is 0 Å². The highest BCUT2D eigenvalue weighted by atomic mass is 16.6. The standard InChI is InChI=1S/C14H18N2O3/c15-5-6-16-13(17)14(3-4-14)10-1-2-11-12(9-10)19-8-7-18-11/h1-2,9H,3-8,15H2,(H,16,17). The van der Waals surface area contributed by atoms with Crippen molar-refractivity contribution < 1.29 is 14.3 Å². The van der Waals surface area contributed by atoms with Gasteiger partial charge in [-0.25, -0.2) is 0 Å². The molecule has 0 bridgehead atoms. The van der Waals surface area contributed by atoms with Gasteiger partial charge in [0.2, 0.25) is 5.91 Å². The average Bonchev–Trinajstić information content (AvgIpc) is 3.26. The maximum Gasteiger partial charge on any atom is 0.230 e. The molecule has 0 atom stereocenters. The Labute approximate surface area is 112 Å². The van der Waals surface area contributed by atoms with Crippen molar-refractivity contribution >= 4 is 5.91 Å². The minimum atomic E-state index is -0.384. The topological polar surface area (TPSA) is 73.6 Å². The Morgan fingerprint density at radius 2 is 2.00 bits per heavy atom. The minimum absolute atomic E-state index is 0.0645. The number of rotatable bonds is 4. The molecule has 3 N–H and O–H groups in total. The Hall–Kier alpha value is -1.75. The van der Waals surface area contributed by atoms with Gasteiger partial charge in [0, 0.05) is 13.1 Å². The molecule has 3 rings (SSSR count). The summed E-state index contributed by atoms with van der Waals surface area (Å²) in [6.07, 6.45) is 1.76. The van der Waals surface area contributed by atoms with Gasteiger partial charge in [-0.1, -0.05) is 6.07 Å². The number of nitrogens with two attached hydrogens (primary N) is 1. The number of ether oxygens (including phenoxy) is 2. The quantitative estimate of drug-likeness (QED) is 0.831. The van der Waals surface area contributed by atoms with E-state index in [-0.39, 0.29) is 11.3 Å². The Balaban J connectivity index is 1.83. The van der Waals surface area contributed by atoms with Gasteiger partial charge < -0.3 is 20.5 Å². The number of fused-ring (bicyclic) bond motifs is 1. The number of hydrogen-bond acceptors (Lipinski definition) is 4. The lowest BCUT2D eigenvalue weighted by molar-refractivity contribution is -0.123. The fourth-order valence-electron chi connectivity index (χ4n) is 2.47. The molecule has 0 aromatic heterocycles. The number of hydrogen-bond donors (Lipinski definition) is 2. The molecule has 1 aromatic carbocycles.